The van der Waals surface area contributed by atoms with Crippen molar-refractivity contribution in [3.63, 3.8) is 0 Å². The van der Waals surface area contributed by atoms with Gasteiger partial charge in [0, 0.05) is 6.21 Å². The molecular weight excluding hydrogens is 324 g/mol. The summed E-state index contributed by atoms with van der Waals surface area (Å²) in [4.78, 5) is 4.54. The summed E-state index contributed by atoms with van der Waals surface area (Å²) in [5.74, 6) is 3.42. The minimum atomic E-state index is 0.0865. The largest absolute Gasteiger partial charge is 0.467 e. The third-order valence-electron chi connectivity index (χ3n) is 4.51. The van der Waals surface area contributed by atoms with E-state index in [0.717, 1.165) is 23.8 Å². The summed E-state index contributed by atoms with van der Waals surface area (Å²) in [6, 6.07) is 12.8. The first-order valence-corrected chi connectivity index (χ1v) is 9.06. The molecule has 2 aliphatic heterocycles. The van der Waals surface area contributed by atoms with Gasteiger partial charge in [-0.3, -0.25) is 10.4 Å². The van der Waals surface area contributed by atoms with E-state index in [4.69, 9.17) is 4.42 Å². The Morgan fingerprint density at radius 1 is 1.19 bits per heavy atom. The predicted molar refractivity (Wildman–Crippen MR) is 103 cm³/mol. The maximum Gasteiger partial charge on any atom is 0.147 e. The van der Waals surface area contributed by atoms with Crippen molar-refractivity contribution in [3.8, 4) is 0 Å². The zero-order valence-electron chi connectivity index (χ0n) is 15.1. The maximum atomic E-state index is 5.37. The van der Waals surface area contributed by atoms with Gasteiger partial charge in [0.05, 0.1) is 12.8 Å². The number of nitrogens with zero attached hydrogens (tertiary/aromatic N) is 2. The lowest BCUT2D eigenvalue weighted by Gasteiger charge is -2.31. The van der Waals surface area contributed by atoms with E-state index in [1.807, 2.05) is 30.5 Å². The first-order chi connectivity index (χ1) is 12.7. The van der Waals surface area contributed by atoms with E-state index in [2.05, 4.69) is 58.9 Å². The maximum absolute atomic E-state index is 5.37. The SMILES string of the molecule is CC(C)Cc1ccc(C2C=NC3=CC=C(NCc4ccco4)NN32)cc1. The van der Waals surface area contributed by atoms with Crippen LogP contribution in [0, 0.1) is 5.92 Å². The Labute approximate surface area is 154 Å². The predicted octanol–water partition coefficient (Wildman–Crippen LogP) is 3.90. The highest BCUT2D eigenvalue weighted by Gasteiger charge is 2.28. The van der Waals surface area contributed by atoms with Crippen LogP contribution in [0.1, 0.15) is 36.8 Å². The number of allylic oxidation sites excluding steroid dienone is 2. The van der Waals surface area contributed by atoms with Crippen LogP contribution in [0.15, 0.2) is 75.9 Å². The zero-order chi connectivity index (χ0) is 17.9. The van der Waals surface area contributed by atoms with E-state index in [0.29, 0.717) is 12.5 Å². The average molecular weight is 348 g/mol. The summed E-state index contributed by atoms with van der Waals surface area (Å²) in [6.07, 6.45) is 8.80. The van der Waals surface area contributed by atoms with E-state index < -0.39 is 0 Å². The smallest absolute Gasteiger partial charge is 0.147 e. The molecule has 1 atom stereocenters. The van der Waals surface area contributed by atoms with E-state index in [1.54, 1.807) is 6.26 Å². The molecule has 0 radical (unpaired) electrons. The Kier molecular flexibility index (Phi) is 4.52. The molecule has 0 saturated carbocycles. The van der Waals surface area contributed by atoms with Crippen molar-refractivity contribution in [2.75, 3.05) is 0 Å². The van der Waals surface area contributed by atoms with Crippen molar-refractivity contribution < 1.29 is 4.42 Å². The Hall–Kier alpha value is -2.95. The minimum absolute atomic E-state index is 0.0865. The fourth-order valence-corrected chi connectivity index (χ4v) is 3.24. The van der Waals surface area contributed by atoms with Crippen molar-refractivity contribution in [2.24, 2.45) is 10.9 Å². The molecule has 0 fully saturated rings. The van der Waals surface area contributed by atoms with Gasteiger partial charge >= 0.3 is 0 Å². The average Bonchev–Trinajstić information content (AvgIpc) is 3.29. The molecule has 1 aromatic heterocycles. The number of furan rings is 1. The van der Waals surface area contributed by atoms with Crippen molar-refractivity contribution in [1.82, 2.24) is 15.8 Å². The van der Waals surface area contributed by atoms with Crippen LogP contribution >= 0.6 is 0 Å². The molecule has 2 N–H and O–H groups in total. The monoisotopic (exact) mass is 348 g/mol. The van der Waals surface area contributed by atoms with Gasteiger partial charge in [-0.1, -0.05) is 38.1 Å². The molecule has 0 aliphatic carbocycles. The van der Waals surface area contributed by atoms with Crippen LogP contribution in [-0.2, 0) is 13.0 Å². The van der Waals surface area contributed by atoms with E-state index >= 15 is 0 Å². The number of hydrogen-bond donors (Lipinski definition) is 2. The van der Waals surface area contributed by atoms with Crippen molar-refractivity contribution in [2.45, 2.75) is 32.9 Å². The standard InChI is InChI=1S/C21H24N4O/c1-15(2)12-16-5-7-17(8-6-16)19-14-23-21-10-9-20(24-25(19)21)22-13-18-4-3-11-26-18/h3-11,14-15,19,22,24H,12-13H2,1-2H3. The van der Waals surface area contributed by atoms with Crippen LogP contribution in [-0.4, -0.2) is 11.2 Å². The Morgan fingerprint density at radius 3 is 2.77 bits per heavy atom. The molecule has 5 nitrogen and oxygen atoms in total. The first-order valence-electron chi connectivity index (χ1n) is 9.06. The van der Waals surface area contributed by atoms with Crippen LogP contribution in [0.5, 0.6) is 0 Å². The fraction of sp³-hybridized carbons (Fsp3) is 0.286. The van der Waals surface area contributed by atoms with Gasteiger partial charge in [0.2, 0.25) is 0 Å². The van der Waals surface area contributed by atoms with Crippen molar-refractivity contribution in [1.29, 1.82) is 0 Å². The van der Waals surface area contributed by atoms with Crippen LogP contribution in [0.25, 0.3) is 0 Å². The molecule has 2 aromatic rings. The summed E-state index contributed by atoms with van der Waals surface area (Å²) in [5, 5.41) is 5.44. The second-order valence-electron chi connectivity index (χ2n) is 7.08. The Bertz CT molecular complexity index is 831. The first kappa shape index (κ1) is 16.5. The number of nitrogens with one attached hydrogen (secondary N) is 2. The summed E-state index contributed by atoms with van der Waals surface area (Å²) in [6.45, 7) is 5.13. The number of fused-ring (bicyclic) bond motifs is 1. The van der Waals surface area contributed by atoms with Gasteiger partial charge in [-0.05, 0) is 47.8 Å². The number of hydrazine groups is 1. The van der Waals surface area contributed by atoms with Gasteiger partial charge in [0.1, 0.15) is 23.4 Å². The van der Waals surface area contributed by atoms with Crippen LogP contribution in [0.3, 0.4) is 0 Å². The Balaban J connectivity index is 1.43. The molecule has 134 valence electrons. The molecule has 1 aromatic carbocycles. The number of rotatable bonds is 6. The van der Waals surface area contributed by atoms with Crippen LogP contribution in [0.4, 0.5) is 0 Å². The summed E-state index contributed by atoms with van der Waals surface area (Å²) < 4.78 is 5.37. The number of hydrogen-bond acceptors (Lipinski definition) is 5. The quantitative estimate of drug-likeness (QED) is 0.831. The second-order valence-corrected chi connectivity index (χ2v) is 7.08. The minimum Gasteiger partial charge on any atom is -0.467 e. The molecule has 4 rings (SSSR count). The van der Waals surface area contributed by atoms with E-state index in [9.17, 15) is 0 Å². The highest BCUT2D eigenvalue weighted by Crippen LogP contribution is 2.30. The lowest BCUT2D eigenvalue weighted by atomic mass is 10.00. The third kappa shape index (κ3) is 3.52. The second kappa shape index (κ2) is 7.12. The Morgan fingerprint density at radius 2 is 2.04 bits per heavy atom. The summed E-state index contributed by atoms with van der Waals surface area (Å²) >= 11 is 0. The topological polar surface area (TPSA) is 52.8 Å². The van der Waals surface area contributed by atoms with Gasteiger partial charge in [-0.15, -0.1) is 0 Å². The van der Waals surface area contributed by atoms with Gasteiger partial charge in [-0.2, -0.15) is 0 Å². The van der Waals surface area contributed by atoms with Gasteiger partial charge < -0.3 is 9.73 Å². The normalized spacial score (nSPS) is 18.4. The molecular formula is C21H24N4O. The molecule has 0 bridgehead atoms. The van der Waals surface area contributed by atoms with E-state index in [-0.39, 0.29) is 6.04 Å². The molecule has 5 heteroatoms. The molecule has 26 heavy (non-hydrogen) atoms. The van der Waals surface area contributed by atoms with Crippen LogP contribution < -0.4 is 10.7 Å². The number of aliphatic imine (C=N–C) groups is 1. The van der Waals surface area contributed by atoms with E-state index in [1.165, 1.54) is 11.1 Å². The lowest BCUT2D eigenvalue weighted by molar-refractivity contribution is 0.245. The highest BCUT2D eigenvalue weighted by atomic mass is 16.3. The third-order valence-corrected chi connectivity index (χ3v) is 4.51. The molecule has 0 saturated heterocycles. The molecule has 3 heterocycles. The summed E-state index contributed by atoms with van der Waals surface area (Å²) in [7, 11) is 0. The summed E-state index contributed by atoms with van der Waals surface area (Å²) in [5.41, 5.74) is 6.02. The zero-order valence-corrected chi connectivity index (χ0v) is 15.1. The van der Waals surface area contributed by atoms with Crippen molar-refractivity contribution >= 4 is 6.21 Å². The lowest BCUT2D eigenvalue weighted by Crippen LogP contribution is -2.42. The fourth-order valence-electron chi connectivity index (χ4n) is 3.24. The van der Waals surface area contributed by atoms with Gasteiger partial charge in [0.25, 0.3) is 0 Å². The highest BCUT2D eigenvalue weighted by molar-refractivity contribution is 5.72. The molecule has 0 spiro atoms. The molecule has 0 amide bonds. The van der Waals surface area contributed by atoms with Crippen LogP contribution in [0.2, 0.25) is 0 Å². The number of benzene rings is 1. The van der Waals surface area contributed by atoms with Crippen molar-refractivity contribution in [3.05, 3.63) is 83.3 Å². The van der Waals surface area contributed by atoms with Gasteiger partial charge in [0.15, 0.2) is 0 Å². The van der Waals surface area contributed by atoms with Gasteiger partial charge in [-0.25, -0.2) is 4.99 Å². The molecule has 2 aliphatic rings. The molecule has 1 unspecified atom stereocenters.